The summed E-state index contributed by atoms with van der Waals surface area (Å²) in [6, 6.07) is 3.21. The summed E-state index contributed by atoms with van der Waals surface area (Å²) in [5.41, 5.74) is 5.78. The van der Waals surface area contributed by atoms with Crippen molar-refractivity contribution >= 4 is 23.3 Å². The molecule has 5 nitrogen and oxygen atoms in total. The summed E-state index contributed by atoms with van der Waals surface area (Å²) in [6.07, 6.45) is 0.893. The Morgan fingerprint density at radius 2 is 2.10 bits per heavy atom. The highest BCUT2D eigenvalue weighted by molar-refractivity contribution is 6.33. The van der Waals surface area contributed by atoms with Crippen molar-refractivity contribution in [2.24, 2.45) is 5.92 Å². The number of nitrogens with one attached hydrogen (secondary N) is 1. The molecule has 1 rings (SSSR count). The molecule has 0 spiro atoms. The molecule has 0 aliphatic heterocycles. The Morgan fingerprint density at radius 1 is 1.45 bits per heavy atom. The molecule has 0 aliphatic rings. The van der Waals surface area contributed by atoms with Gasteiger partial charge < -0.3 is 16.0 Å². The Hall–Kier alpha value is -1.33. The molecule has 3 N–H and O–H groups in total. The number of halogens is 1. The van der Waals surface area contributed by atoms with Crippen LogP contribution in [0.25, 0.3) is 0 Å². The van der Waals surface area contributed by atoms with Crippen molar-refractivity contribution in [2.75, 3.05) is 26.4 Å². The zero-order chi connectivity index (χ0) is 15.3. The molecule has 0 saturated heterocycles. The van der Waals surface area contributed by atoms with E-state index in [0.29, 0.717) is 10.9 Å². The van der Waals surface area contributed by atoms with Crippen LogP contribution < -0.4 is 11.1 Å². The third kappa shape index (κ3) is 5.35. The molecule has 20 heavy (non-hydrogen) atoms. The molecular weight excluding hydrogens is 276 g/mol. The minimum atomic E-state index is -0.283. The van der Waals surface area contributed by atoms with Gasteiger partial charge in [-0.2, -0.15) is 0 Å². The predicted molar refractivity (Wildman–Crippen MR) is 82.9 cm³/mol. The van der Waals surface area contributed by atoms with Gasteiger partial charge in [-0.15, -0.1) is 0 Å². The van der Waals surface area contributed by atoms with E-state index in [1.54, 1.807) is 12.1 Å². The first-order valence-electron chi connectivity index (χ1n) is 6.67. The van der Waals surface area contributed by atoms with Gasteiger partial charge in [-0.05, 0) is 38.6 Å². The molecule has 0 aromatic carbocycles. The van der Waals surface area contributed by atoms with Crippen LogP contribution in [0.3, 0.4) is 0 Å². The highest BCUT2D eigenvalue weighted by Crippen LogP contribution is 2.16. The van der Waals surface area contributed by atoms with E-state index in [0.717, 1.165) is 13.0 Å². The Bertz CT molecular complexity index is 452. The molecule has 1 atom stereocenters. The predicted octanol–water partition coefficient (Wildman–Crippen LogP) is 2.02. The van der Waals surface area contributed by atoms with Crippen LogP contribution in [0.15, 0.2) is 12.1 Å². The third-order valence-corrected chi connectivity index (χ3v) is 3.06. The molecule has 0 fully saturated rings. The van der Waals surface area contributed by atoms with Crippen LogP contribution >= 0.6 is 11.6 Å². The number of likely N-dealkylation sites (N-methyl/N-ethyl adjacent to an activating group) is 1. The second-order valence-corrected chi connectivity index (χ2v) is 6.04. The fourth-order valence-corrected chi connectivity index (χ4v) is 2.25. The molecule has 1 heterocycles. The second-order valence-electron chi connectivity index (χ2n) is 5.63. The van der Waals surface area contributed by atoms with Crippen molar-refractivity contribution < 1.29 is 4.79 Å². The van der Waals surface area contributed by atoms with Crippen LogP contribution in [0.2, 0.25) is 5.02 Å². The lowest BCUT2D eigenvalue weighted by atomic mass is 10.0. The number of hydrogen-bond donors (Lipinski definition) is 2. The molecule has 0 bridgehead atoms. The molecule has 1 amide bonds. The number of aromatic nitrogens is 1. The van der Waals surface area contributed by atoms with Gasteiger partial charge in [0.25, 0.3) is 5.91 Å². The highest BCUT2D eigenvalue weighted by Gasteiger charge is 2.19. The molecule has 6 heteroatoms. The molecule has 0 aliphatic carbocycles. The monoisotopic (exact) mass is 298 g/mol. The molecular formula is C14H23ClN4O. The van der Waals surface area contributed by atoms with Crippen molar-refractivity contribution in [3.8, 4) is 0 Å². The van der Waals surface area contributed by atoms with E-state index < -0.39 is 0 Å². The van der Waals surface area contributed by atoms with Crippen molar-refractivity contribution in [1.29, 1.82) is 0 Å². The van der Waals surface area contributed by atoms with Crippen LogP contribution in [-0.2, 0) is 0 Å². The minimum absolute atomic E-state index is 0.0526. The topological polar surface area (TPSA) is 71.2 Å². The normalized spacial score (nSPS) is 12.8. The fraction of sp³-hybridized carbons (Fsp3) is 0.571. The van der Waals surface area contributed by atoms with Crippen LogP contribution in [0.5, 0.6) is 0 Å². The third-order valence-electron chi connectivity index (χ3n) is 2.76. The molecule has 1 aromatic heterocycles. The number of carbonyl (C=O) groups excluding carboxylic acids is 1. The van der Waals surface area contributed by atoms with Gasteiger partial charge in [0.1, 0.15) is 11.5 Å². The van der Waals surface area contributed by atoms with Gasteiger partial charge >= 0.3 is 0 Å². The Kier molecular flexibility index (Phi) is 6.23. The average Bonchev–Trinajstić information content (AvgIpc) is 2.30. The number of rotatable bonds is 6. The molecule has 0 radical (unpaired) electrons. The standard InChI is InChI=1S/C14H23ClN4O/c1-9(2)7-10(8-19(3)4)17-14(20)13-11(15)5-6-12(16)18-13/h5-6,9-10H,7-8H2,1-4H3,(H2,16,18)(H,17,20). The highest BCUT2D eigenvalue weighted by atomic mass is 35.5. The minimum Gasteiger partial charge on any atom is -0.384 e. The summed E-state index contributed by atoms with van der Waals surface area (Å²) in [4.78, 5) is 18.3. The van der Waals surface area contributed by atoms with Gasteiger partial charge in [-0.1, -0.05) is 25.4 Å². The van der Waals surface area contributed by atoms with Gasteiger partial charge in [-0.3, -0.25) is 4.79 Å². The smallest absolute Gasteiger partial charge is 0.271 e. The van der Waals surface area contributed by atoms with E-state index in [4.69, 9.17) is 17.3 Å². The summed E-state index contributed by atoms with van der Waals surface area (Å²) in [5.74, 6) is 0.492. The van der Waals surface area contributed by atoms with Gasteiger partial charge in [-0.25, -0.2) is 4.98 Å². The van der Waals surface area contributed by atoms with Crippen LogP contribution in [0, 0.1) is 5.92 Å². The Labute approximate surface area is 125 Å². The average molecular weight is 299 g/mol. The lowest BCUT2D eigenvalue weighted by Gasteiger charge is -2.24. The van der Waals surface area contributed by atoms with E-state index in [-0.39, 0.29) is 23.5 Å². The zero-order valence-electron chi connectivity index (χ0n) is 12.5. The Balaban J connectivity index is 2.81. The SMILES string of the molecule is CC(C)CC(CN(C)C)NC(=O)c1nc(N)ccc1Cl. The van der Waals surface area contributed by atoms with E-state index in [2.05, 4.69) is 24.1 Å². The fourth-order valence-electron chi connectivity index (χ4n) is 2.06. The summed E-state index contributed by atoms with van der Waals surface area (Å²) in [7, 11) is 3.95. The number of anilines is 1. The first kappa shape index (κ1) is 16.7. The van der Waals surface area contributed by atoms with Crippen molar-refractivity contribution in [3.63, 3.8) is 0 Å². The van der Waals surface area contributed by atoms with Gasteiger partial charge in [0.2, 0.25) is 0 Å². The maximum Gasteiger partial charge on any atom is 0.271 e. The van der Waals surface area contributed by atoms with Crippen LogP contribution in [0.1, 0.15) is 30.8 Å². The number of nitrogens with two attached hydrogens (primary N) is 1. The maximum atomic E-state index is 12.3. The first-order chi connectivity index (χ1) is 9.29. The summed E-state index contributed by atoms with van der Waals surface area (Å²) >= 11 is 6.00. The van der Waals surface area contributed by atoms with Crippen LogP contribution in [0.4, 0.5) is 5.82 Å². The number of nitrogens with zero attached hydrogens (tertiary/aromatic N) is 2. The van der Waals surface area contributed by atoms with Crippen LogP contribution in [-0.4, -0.2) is 42.5 Å². The molecule has 0 saturated carbocycles. The van der Waals surface area contributed by atoms with Crippen molar-refractivity contribution in [1.82, 2.24) is 15.2 Å². The van der Waals surface area contributed by atoms with E-state index >= 15 is 0 Å². The van der Waals surface area contributed by atoms with Gasteiger partial charge in [0.05, 0.1) is 5.02 Å². The van der Waals surface area contributed by atoms with E-state index in [1.807, 2.05) is 19.0 Å². The number of hydrogen-bond acceptors (Lipinski definition) is 4. The summed E-state index contributed by atoms with van der Waals surface area (Å²) < 4.78 is 0. The largest absolute Gasteiger partial charge is 0.384 e. The number of carbonyl (C=O) groups is 1. The quantitative estimate of drug-likeness (QED) is 0.843. The zero-order valence-corrected chi connectivity index (χ0v) is 13.2. The van der Waals surface area contributed by atoms with E-state index in [9.17, 15) is 4.79 Å². The van der Waals surface area contributed by atoms with E-state index in [1.165, 1.54) is 0 Å². The number of nitrogen functional groups attached to an aromatic ring is 1. The second kappa shape index (κ2) is 7.45. The number of amides is 1. The summed E-state index contributed by atoms with van der Waals surface area (Å²) in [6.45, 7) is 5.02. The lowest BCUT2D eigenvalue weighted by Crippen LogP contribution is -2.42. The van der Waals surface area contributed by atoms with Crippen molar-refractivity contribution in [2.45, 2.75) is 26.3 Å². The maximum absolute atomic E-state index is 12.3. The van der Waals surface area contributed by atoms with Gasteiger partial charge in [0.15, 0.2) is 0 Å². The summed E-state index contributed by atoms with van der Waals surface area (Å²) in [5, 5.41) is 3.29. The molecule has 112 valence electrons. The first-order valence-corrected chi connectivity index (χ1v) is 7.05. The number of pyridine rings is 1. The van der Waals surface area contributed by atoms with Gasteiger partial charge in [0, 0.05) is 12.6 Å². The van der Waals surface area contributed by atoms with Crippen molar-refractivity contribution in [3.05, 3.63) is 22.8 Å². The lowest BCUT2D eigenvalue weighted by molar-refractivity contribution is 0.0920. The molecule has 1 aromatic rings. The Morgan fingerprint density at radius 3 is 2.65 bits per heavy atom. The molecule has 1 unspecified atom stereocenters.